The van der Waals surface area contributed by atoms with Crippen molar-refractivity contribution in [1.82, 2.24) is 5.32 Å². The monoisotopic (exact) mass is 558 g/mol. The number of aliphatic hydroxyl groups excluding tert-OH is 1. The first kappa shape index (κ1) is 29.9. The van der Waals surface area contributed by atoms with Crippen molar-refractivity contribution < 1.29 is 38.0 Å². The summed E-state index contributed by atoms with van der Waals surface area (Å²) in [6.07, 6.45) is -0.888. The number of carbonyl (C=O) groups excluding carboxylic acids is 1. The van der Waals surface area contributed by atoms with Gasteiger partial charge in [0.1, 0.15) is 29.4 Å². The molecule has 0 aliphatic rings. The summed E-state index contributed by atoms with van der Waals surface area (Å²) in [5, 5.41) is 23.5. The molecule has 210 valence electrons. The van der Waals surface area contributed by atoms with Crippen LogP contribution >= 0.6 is 0 Å². The third kappa shape index (κ3) is 8.17. The first-order valence-electron chi connectivity index (χ1n) is 12.5. The van der Waals surface area contributed by atoms with Crippen LogP contribution in [0.1, 0.15) is 35.9 Å². The van der Waals surface area contributed by atoms with E-state index in [9.17, 15) is 23.8 Å². The fourth-order valence-corrected chi connectivity index (χ4v) is 4.09. The van der Waals surface area contributed by atoms with Crippen LogP contribution in [0.3, 0.4) is 0 Å². The zero-order valence-electron chi connectivity index (χ0n) is 22.1. The highest BCUT2D eigenvalue weighted by atomic mass is 32.2. The molecule has 39 heavy (non-hydrogen) atoms. The first-order chi connectivity index (χ1) is 18.7. The fraction of sp³-hybridized carbons (Fsp3) is 0.321. The molecule has 0 amide bonds. The number of anilines is 1. The number of nitrogens with one attached hydrogen (secondary N) is 1. The third-order valence-electron chi connectivity index (χ3n) is 5.81. The maximum Gasteiger partial charge on any atom is 0.341 e. The number of hydrogen-bond donors (Lipinski definition) is 4. The predicted octanol–water partition coefficient (Wildman–Crippen LogP) is 3.91. The second-order valence-corrected chi connectivity index (χ2v) is 9.44. The molecule has 2 unspecified atom stereocenters. The average molecular weight is 559 g/mol. The van der Waals surface area contributed by atoms with Crippen LogP contribution in [-0.2, 0) is 16.0 Å². The van der Waals surface area contributed by atoms with Gasteiger partial charge in [0, 0.05) is 20.1 Å². The normalized spacial score (nSPS) is 12.4. The summed E-state index contributed by atoms with van der Waals surface area (Å²) in [5.74, 6) is 0.572. The standard InChI is InChI=1S/C28H34N2O8S/c1-4-36-27-17-20(8-12-23(27)28(33)37-5-2)19-6-10-22(11-7-19)38-15-14-29-18-26(32)21-9-13-25(31)24(16-21)30(3)39(34)35/h6-13,16-17,26,29,31-32H,4-5,14-15,18H2,1-3H3,(H,34,35). The van der Waals surface area contributed by atoms with Crippen LogP contribution in [0, 0.1) is 0 Å². The van der Waals surface area contributed by atoms with Gasteiger partial charge in [-0.2, -0.15) is 0 Å². The van der Waals surface area contributed by atoms with E-state index in [4.69, 9.17) is 14.2 Å². The molecular formula is C28H34N2O8S. The van der Waals surface area contributed by atoms with E-state index in [1.54, 1.807) is 19.1 Å². The van der Waals surface area contributed by atoms with Gasteiger partial charge in [0.05, 0.1) is 25.0 Å². The molecule has 10 nitrogen and oxygen atoms in total. The van der Waals surface area contributed by atoms with Crippen LogP contribution < -0.4 is 19.1 Å². The van der Waals surface area contributed by atoms with Crippen molar-refractivity contribution in [2.24, 2.45) is 0 Å². The third-order valence-corrected chi connectivity index (χ3v) is 6.47. The number of phenols is 1. The number of hydrogen-bond acceptors (Lipinski definition) is 8. The molecule has 3 rings (SSSR count). The second-order valence-electron chi connectivity index (χ2n) is 8.43. The SMILES string of the molecule is CCOC(=O)c1ccc(-c2ccc(OCCNCC(O)c3ccc(O)c(N(C)S(=O)O)c3)cc2)cc1OCC. The lowest BCUT2D eigenvalue weighted by Crippen LogP contribution is -2.26. The molecule has 2 atom stereocenters. The molecule has 0 aromatic heterocycles. The fourth-order valence-electron chi connectivity index (χ4n) is 3.78. The number of nitrogens with zero attached hydrogens (tertiary/aromatic N) is 1. The van der Waals surface area contributed by atoms with Crippen molar-refractivity contribution in [3.05, 3.63) is 71.8 Å². The number of rotatable bonds is 14. The molecule has 0 saturated carbocycles. The predicted molar refractivity (Wildman–Crippen MR) is 150 cm³/mol. The lowest BCUT2D eigenvalue weighted by atomic mass is 10.0. The van der Waals surface area contributed by atoms with Crippen molar-refractivity contribution in [1.29, 1.82) is 0 Å². The lowest BCUT2D eigenvalue weighted by molar-refractivity contribution is 0.0522. The Morgan fingerprint density at radius 2 is 1.72 bits per heavy atom. The van der Waals surface area contributed by atoms with E-state index < -0.39 is 23.3 Å². The van der Waals surface area contributed by atoms with E-state index in [0.717, 1.165) is 15.4 Å². The van der Waals surface area contributed by atoms with Gasteiger partial charge in [0.15, 0.2) is 0 Å². The number of ether oxygens (including phenoxy) is 3. The van der Waals surface area contributed by atoms with E-state index in [-0.39, 0.29) is 24.6 Å². The summed E-state index contributed by atoms with van der Waals surface area (Å²) in [4.78, 5) is 12.2. The zero-order chi connectivity index (χ0) is 28.4. The molecule has 4 N–H and O–H groups in total. The van der Waals surface area contributed by atoms with Gasteiger partial charge in [-0.25, -0.2) is 9.00 Å². The Kier molecular flexibility index (Phi) is 11.1. The quantitative estimate of drug-likeness (QED) is 0.132. The summed E-state index contributed by atoms with van der Waals surface area (Å²) < 4.78 is 38.1. The number of aliphatic hydroxyl groups is 1. The van der Waals surface area contributed by atoms with Crippen LogP contribution in [0.25, 0.3) is 11.1 Å². The van der Waals surface area contributed by atoms with Crippen molar-refractivity contribution in [3.63, 3.8) is 0 Å². The van der Waals surface area contributed by atoms with Gasteiger partial charge in [-0.1, -0.05) is 24.3 Å². The van der Waals surface area contributed by atoms with Crippen molar-refractivity contribution in [2.45, 2.75) is 20.0 Å². The molecule has 0 fully saturated rings. The van der Waals surface area contributed by atoms with E-state index >= 15 is 0 Å². The van der Waals surface area contributed by atoms with Crippen LogP contribution in [0.4, 0.5) is 5.69 Å². The number of aromatic hydroxyl groups is 1. The number of esters is 1. The molecule has 0 spiro atoms. The topological polar surface area (TPSA) is 138 Å². The van der Waals surface area contributed by atoms with Crippen molar-refractivity contribution in [2.75, 3.05) is 44.3 Å². The molecule has 11 heteroatoms. The van der Waals surface area contributed by atoms with E-state index in [1.807, 2.05) is 43.3 Å². The Hall–Kier alpha value is -3.64. The summed E-state index contributed by atoms with van der Waals surface area (Å²) >= 11 is -2.30. The summed E-state index contributed by atoms with van der Waals surface area (Å²) in [6, 6.07) is 17.3. The Balaban J connectivity index is 1.51. The van der Waals surface area contributed by atoms with Gasteiger partial charge in [-0.05, 0) is 66.9 Å². The maximum absolute atomic E-state index is 12.2. The minimum absolute atomic E-state index is 0.142. The van der Waals surface area contributed by atoms with Crippen molar-refractivity contribution >= 4 is 22.9 Å². The minimum atomic E-state index is -2.30. The molecule has 3 aromatic rings. The molecule has 0 aliphatic heterocycles. The molecule has 0 bridgehead atoms. The molecule has 0 radical (unpaired) electrons. The largest absolute Gasteiger partial charge is 0.506 e. The molecular weight excluding hydrogens is 524 g/mol. The van der Waals surface area contributed by atoms with Gasteiger partial charge in [0.2, 0.25) is 0 Å². The Morgan fingerprint density at radius 3 is 2.38 bits per heavy atom. The highest BCUT2D eigenvalue weighted by Gasteiger charge is 2.16. The zero-order valence-corrected chi connectivity index (χ0v) is 22.9. The Bertz CT molecular complexity index is 1270. The summed E-state index contributed by atoms with van der Waals surface area (Å²) in [7, 11) is 1.36. The average Bonchev–Trinajstić information content (AvgIpc) is 2.93. The molecule has 0 heterocycles. The van der Waals surface area contributed by atoms with Gasteiger partial charge < -0.3 is 29.7 Å². The highest BCUT2D eigenvalue weighted by Crippen LogP contribution is 2.31. The van der Waals surface area contributed by atoms with Crippen LogP contribution in [0.2, 0.25) is 0 Å². The van der Waals surface area contributed by atoms with Gasteiger partial charge >= 0.3 is 5.97 Å². The van der Waals surface area contributed by atoms with Gasteiger partial charge in [-0.3, -0.25) is 8.86 Å². The van der Waals surface area contributed by atoms with Crippen molar-refractivity contribution in [3.8, 4) is 28.4 Å². The molecule has 0 aliphatic carbocycles. The number of carbonyl (C=O) groups is 1. The highest BCUT2D eigenvalue weighted by molar-refractivity contribution is 7.80. The van der Waals surface area contributed by atoms with E-state index in [2.05, 4.69) is 5.32 Å². The van der Waals surface area contributed by atoms with Crippen LogP contribution in [0.15, 0.2) is 60.7 Å². The smallest absolute Gasteiger partial charge is 0.341 e. The number of benzene rings is 3. The van der Waals surface area contributed by atoms with Gasteiger partial charge in [0.25, 0.3) is 11.3 Å². The summed E-state index contributed by atoms with van der Waals surface area (Å²) in [6.45, 7) is 5.38. The van der Waals surface area contributed by atoms with E-state index in [0.29, 0.717) is 42.4 Å². The molecule has 0 saturated heterocycles. The maximum atomic E-state index is 12.2. The first-order valence-corrected chi connectivity index (χ1v) is 13.5. The van der Waals surface area contributed by atoms with Gasteiger partial charge in [-0.15, -0.1) is 0 Å². The van der Waals surface area contributed by atoms with E-state index in [1.165, 1.54) is 19.2 Å². The van der Waals surface area contributed by atoms with Crippen LogP contribution in [-0.4, -0.2) is 64.9 Å². The summed E-state index contributed by atoms with van der Waals surface area (Å²) in [5.41, 5.74) is 2.85. The number of phenolic OH excluding ortho intramolecular Hbond substituents is 1. The Morgan fingerprint density at radius 1 is 1.00 bits per heavy atom. The van der Waals surface area contributed by atoms with Crippen LogP contribution in [0.5, 0.6) is 17.2 Å². The lowest BCUT2D eigenvalue weighted by Gasteiger charge is -2.18. The molecule has 3 aromatic carbocycles. The second kappa shape index (κ2) is 14.5. The minimum Gasteiger partial charge on any atom is -0.506 e. The Labute approximate surface area is 230 Å².